The van der Waals surface area contributed by atoms with Crippen molar-refractivity contribution < 1.29 is 24.2 Å². The van der Waals surface area contributed by atoms with Gasteiger partial charge in [-0.25, -0.2) is 0 Å². The summed E-state index contributed by atoms with van der Waals surface area (Å²) in [5.41, 5.74) is 0. The third kappa shape index (κ3) is 27.4. The third-order valence-electron chi connectivity index (χ3n) is 10.1. The first-order valence-electron chi connectivity index (χ1n) is 20.7. The number of esters is 2. The fourth-order valence-corrected chi connectivity index (χ4v) is 6.84. The van der Waals surface area contributed by atoms with Crippen LogP contribution in [0.25, 0.3) is 0 Å². The molecule has 0 aromatic carbocycles. The summed E-state index contributed by atoms with van der Waals surface area (Å²) in [5, 5.41) is 9.51. The fraction of sp³-hybridized carbons (Fsp3) is 0.951. The minimum absolute atomic E-state index is 0.000952. The molecular weight excluding hydrogens is 586 g/mol. The van der Waals surface area contributed by atoms with E-state index < -0.39 is 0 Å². The molecular formula is C41H79NO5. The van der Waals surface area contributed by atoms with Crippen molar-refractivity contribution in [2.24, 2.45) is 11.8 Å². The Morgan fingerprint density at radius 2 is 1.11 bits per heavy atom. The lowest BCUT2D eigenvalue weighted by molar-refractivity contribution is -0.150. The molecule has 0 spiro atoms. The first kappa shape index (κ1) is 43.9. The quantitative estimate of drug-likeness (QED) is 0.0530. The molecule has 1 fully saturated rings. The summed E-state index contributed by atoms with van der Waals surface area (Å²) >= 11 is 0. The first-order chi connectivity index (χ1) is 23.0. The van der Waals surface area contributed by atoms with Crippen molar-refractivity contribution in [2.45, 2.75) is 207 Å². The number of aliphatic hydroxyl groups excluding tert-OH is 1. The maximum Gasteiger partial charge on any atom is 0.306 e. The number of nitrogens with zero attached hydrogens (tertiary/aromatic N) is 1. The summed E-state index contributed by atoms with van der Waals surface area (Å²) in [6, 6.07) is 0. The van der Waals surface area contributed by atoms with Crippen LogP contribution in [0.2, 0.25) is 0 Å². The van der Waals surface area contributed by atoms with Crippen LogP contribution in [-0.2, 0) is 19.1 Å². The van der Waals surface area contributed by atoms with Gasteiger partial charge >= 0.3 is 11.9 Å². The van der Waals surface area contributed by atoms with Crippen molar-refractivity contribution in [1.82, 2.24) is 4.90 Å². The molecule has 1 aliphatic carbocycles. The van der Waals surface area contributed by atoms with E-state index in [-0.39, 0.29) is 24.6 Å². The summed E-state index contributed by atoms with van der Waals surface area (Å²) in [4.78, 5) is 27.2. The van der Waals surface area contributed by atoms with Crippen LogP contribution in [0.4, 0.5) is 0 Å². The second-order valence-corrected chi connectivity index (χ2v) is 14.7. The second kappa shape index (κ2) is 32.1. The highest BCUT2D eigenvalue weighted by molar-refractivity contribution is 5.69. The Bertz CT molecular complexity index is 700. The molecule has 0 aromatic rings. The molecule has 2 unspecified atom stereocenters. The number of aliphatic hydroxyl groups is 1. The molecule has 1 rings (SSSR count). The Morgan fingerprint density at radius 3 is 1.72 bits per heavy atom. The van der Waals surface area contributed by atoms with Crippen molar-refractivity contribution in [2.75, 3.05) is 32.8 Å². The molecule has 0 aliphatic heterocycles. The number of hydrogen-bond donors (Lipinski definition) is 1. The Balaban J connectivity index is 2.13. The standard InChI is InChI=1S/C41H79NO5/c1-4-7-10-13-16-21-27-39(28-22-17-14-11-8-5-2)47-41(45)29-23-18-15-19-24-31-42(33-34-43)32-25-30-40(44)46-36-38-35-37(38)26-20-12-9-6-3/h37-39,43H,4-36H2,1-3H3. The van der Waals surface area contributed by atoms with Gasteiger partial charge in [-0.2, -0.15) is 0 Å². The topological polar surface area (TPSA) is 76.1 Å². The number of carbonyl (C=O) groups excluding carboxylic acids is 2. The van der Waals surface area contributed by atoms with Gasteiger partial charge in [0.25, 0.3) is 0 Å². The van der Waals surface area contributed by atoms with Crippen molar-refractivity contribution in [3.8, 4) is 0 Å². The number of unbranched alkanes of at least 4 members (excludes halogenated alkanes) is 17. The Morgan fingerprint density at radius 1 is 0.596 bits per heavy atom. The van der Waals surface area contributed by atoms with Gasteiger partial charge in [0, 0.05) is 19.4 Å². The average molecular weight is 666 g/mol. The zero-order chi connectivity index (χ0) is 34.2. The van der Waals surface area contributed by atoms with Crippen molar-refractivity contribution in [3.63, 3.8) is 0 Å². The zero-order valence-corrected chi connectivity index (χ0v) is 31.6. The van der Waals surface area contributed by atoms with E-state index in [4.69, 9.17) is 9.47 Å². The lowest BCUT2D eigenvalue weighted by Crippen LogP contribution is -2.29. The number of carbonyl (C=O) groups is 2. The Labute approximate surface area is 291 Å². The molecule has 6 nitrogen and oxygen atoms in total. The minimum atomic E-state index is -0.0692. The van der Waals surface area contributed by atoms with Crippen LogP contribution >= 0.6 is 0 Å². The van der Waals surface area contributed by atoms with Crippen LogP contribution in [0.5, 0.6) is 0 Å². The van der Waals surface area contributed by atoms with E-state index in [9.17, 15) is 14.7 Å². The SMILES string of the molecule is CCCCCCCCC(CCCCCCCC)OC(=O)CCCCCCCN(CCO)CCCC(=O)OCC1CC1CCCCCC. The molecule has 0 radical (unpaired) electrons. The molecule has 0 heterocycles. The van der Waals surface area contributed by atoms with Gasteiger partial charge in [-0.3, -0.25) is 9.59 Å². The van der Waals surface area contributed by atoms with Crippen molar-refractivity contribution in [1.29, 1.82) is 0 Å². The van der Waals surface area contributed by atoms with Gasteiger partial charge < -0.3 is 19.5 Å². The van der Waals surface area contributed by atoms with E-state index in [1.165, 1.54) is 116 Å². The van der Waals surface area contributed by atoms with Gasteiger partial charge in [0.2, 0.25) is 0 Å². The average Bonchev–Trinajstić information content (AvgIpc) is 3.82. The molecule has 1 saturated carbocycles. The largest absolute Gasteiger partial charge is 0.465 e. The van der Waals surface area contributed by atoms with E-state index in [0.29, 0.717) is 31.9 Å². The Kier molecular flexibility index (Phi) is 30.0. The van der Waals surface area contributed by atoms with Crippen LogP contribution in [-0.4, -0.2) is 60.9 Å². The van der Waals surface area contributed by atoms with E-state index in [2.05, 4.69) is 25.7 Å². The molecule has 47 heavy (non-hydrogen) atoms. The van der Waals surface area contributed by atoms with Gasteiger partial charge in [-0.15, -0.1) is 0 Å². The summed E-state index contributed by atoms with van der Waals surface area (Å²) in [7, 11) is 0. The molecule has 0 aromatic heterocycles. The van der Waals surface area contributed by atoms with Gasteiger partial charge in [0.15, 0.2) is 0 Å². The van der Waals surface area contributed by atoms with E-state index in [1.54, 1.807) is 0 Å². The van der Waals surface area contributed by atoms with Gasteiger partial charge in [-0.1, -0.05) is 136 Å². The van der Waals surface area contributed by atoms with Crippen LogP contribution in [0.1, 0.15) is 201 Å². The van der Waals surface area contributed by atoms with Crippen LogP contribution in [0.3, 0.4) is 0 Å². The monoisotopic (exact) mass is 666 g/mol. The van der Waals surface area contributed by atoms with E-state index in [1.807, 2.05) is 0 Å². The molecule has 278 valence electrons. The van der Waals surface area contributed by atoms with Gasteiger partial charge in [0.05, 0.1) is 13.2 Å². The smallest absolute Gasteiger partial charge is 0.306 e. The summed E-state index contributed by atoms with van der Waals surface area (Å²) < 4.78 is 11.6. The predicted molar refractivity (Wildman–Crippen MR) is 198 cm³/mol. The molecule has 2 atom stereocenters. The van der Waals surface area contributed by atoms with Crippen LogP contribution in [0.15, 0.2) is 0 Å². The molecule has 1 aliphatic rings. The number of rotatable bonds is 36. The summed E-state index contributed by atoms with van der Waals surface area (Å²) in [6.07, 6.45) is 32.3. The summed E-state index contributed by atoms with van der Waals surface area (Å²) in [6.45, 7) is 9.93. The molecule has 1 N–H and O–H groups in total. The molecule has 0 bridgehead atoms. The van der Waals surface area contributed by atoms with E-state index >= 15 is 0 Å². The lowest BCUT2D eigenvalue weighted by atomic mass is 10.0. The zero-order valence-electron chi connectivity index (χ0n) is 31.6. The number of hydrogen-bond acceptors (Lipinski definition) is 6. The highest BCUT2D eigenvalue weighted by atomic mass is 16.5. The highest BCUT2D eigenvalue weighted by Gasteiger charge is 2.37. The van der Waals surface area contributed by atoms with Crippen LogP contribution in [0, 0.1) is 11.8 Å². The van der Waals surface area contributed by atoms with E-state index in [0.717, 1.165) is 70.4 Å². The number of ether oxygens (including phenoxy) is 2. The molecule has 0 saturated heterocycles. The van der Waals surface area contributed by atoms with Gasteiger partial charge in [-0.05, 0) is 76.3 Å². The fourth-order valence-electron chi connectivity index (χ4n) is 6.84. The lowest BCUT2D eigenvalue weighted by Gasteiger charge is -2.21. The third-order valence-corrected chi connectivity index (χ3v) is 10.1. The van der Waals surface area contributed by atoms with Crippen LogP contribution < -0.4 is 0 Å². The molecule has 0 amide bonds. The summed E-state index contributed by atoms with van der Waals surface area (Å²) in [5.74, 6) is 1.30. The second-order valence-electron chi connectivity index (χ2n) is 14.7. The maximum absolute atomic E-state index is 12.7. The van der Waals surface area contributed by atoms with Gasteiger partial charge in [0.1, 0.15) is 6.10 Å². The highest BCUT2D eigenvalue weighted by Crippen LogP contribution is 2.42. The Hall–Kier alpha value is -1.14. The first-order valence-corrected chi connectivity index (χ1v) is 20.7. The minimum Gasteiger partial charge on any atom is -0.465 e. The maximum atomic E-state index is 12.7. The molecule has 6 heteroatoms. The normalized spacial score (nSPS) is 15.9. The van der Waals surface area contributed by atoms with Crippen molar-refractivity contribution in [3.05, 3.63) is 0 Å². The van der Waals surface area contributed by atoms with Crippen molar-refractivity contribution >= 4 is 11.9 Å². The predicted octanol–water partition coefficient (Wildman–Crippen LogP) is 11.0.